The Bertz CT molecular complexity index is 1950. The van der Waals surface area contributed by atoms with Gasteiger partial charge in [-0.25, -0.2) is 4.90 Å². The van der Waals surface area contributed by atoms with Crippen LogP contribution in [0.5, 0.6) is 0 Å². The van der Waals surface area contributed by atoms with Crippen LogP contribution in [0.1, 0.15) is 20.7 Å². The van der Waals surface area contributed by atoms with Gasteiger partial charge in [-0.2, -0.15) is 0 Å². The molecule has 2 heterocycles. The predicted octanol–water partition coefficient (Wildman–Crippen LogP) is 9.76. The van der Waals surface area contributed by atoms with Gasteiger partial charge in [-0.05, 0) is 82.9 Å². The molecule has 0 fully saturated rings. The molecule has 2 amide bonds. The van der Waals surface area contributed by atoms with Gasteiger partial charge in [-0.3, -0.25) is 9.59 Å². The number of carbonyl (C=O) groups excluding carboxylic acids is 2. The van der Waals surface area contributed by atoms with Gasteiger partial charge in [0.1, 0.15) is 0 Å². The quantitative estimate of drug-likeness (QED) is 0.197. The minimum Gasteiger partial charge on any atom is -0.308 e. The van der Waals surface area contributed by atoms with E-state index in [2.05, 4.69) is 35.2 Å². The van der Waals surface area contributed by atoms with E-state index in [1.54, 1.807) is 17.8 Å². The number of rotatable bonds is 4. The zero-order valence-corrected chi connectivity index (χ0v) is 23.8. The van der Waals surface area contributed by atoms with Gasteiger partial charge in [-0.15, -0.1) is 0 Å². The van der Waals surface area contributed by atoms with Crippen molar-refractivity contribution in [2.45, 2.75) is 9.79 Å². The summed E-state index contributed by atoms with van der Waals surface area (Å²) in [4.78, 5) is 33.8. The topological polar surface area (TPSA) is 40.6 Å². The number of fused-ring (bicyclic) bond motifs is 3. The molecule has 5 heteroatoms. The Kier molecular flexibility index (Phi) is 5.98. The molecule has 6 aromatic carbocycles. The largest absolute Gasteiger partial charge is 0.308 e. The second kappa shape index (κ2) is 10.2. The standard InChI is InChI=1S/C38H24N2O2S/c41-37-31-20-19-29(39-33-15-7-9-17-35(33)43-36-18-10-8-16-34(36)39)24-32(31)38(42)40(37)30-22-27(25-11-3-1-4-12-25)21-28(23-30)26-13-5-2-6-14-26/h1-24H. The fourth-order valence-corrected chi connectivity index (χ4v) is 6.98. The van der Waals surface area contributed by atoms with Crippen LogP contribution in [0, 0.1) is 0 Å². The molecule has 43 heavy (non-hydrogen) atoms. The van der Waals surface area contributed by atoms with Crippen molar-refractivity contribution < 1.29 is 9.59 Å². The molecule has 0 radical (unpaired) electrons. The first-order valence-corrected chi connectivity index (χ1v) is 14.9. The van der Waals surface area contributed by atoms with Crippen molar-refractivity contribution in [2.75, 3.05) is 9.80 Å². The normalized spacial score (nSPS) is 13.5. The molecule has 2 aliphatic heterocycles. The summed E-state index contributed by atoms with van der Waals surface area (Å²) in [5, 5.41) is 0. The lowest BCUT2D eigenvalue weighted by atomic mass is 9.97. The van der Waals surface area contributed by atoms with Crippen molar-refractivity contribution in [3.05, 3.63) is 157 Å². The minimum atomic E-state index is -0.320. The summed E-state index contributed by atoms with van der Waals surface area (Å²) < 4.78 is 0. The summed E-state index contributed by atoms with van der Waals surface area (Å²) in [5.74, 6) is -0.634. The van der Waals surface area contributed by atoms with Crippen molar-refractivity contribution in [3.8, 4) is 22.3 Å². The third-order valence-corrected chi connectivity index (χ3v) is 9.08. The number of hydrogen-bond donors (Lipinski definition) is 0. The van der Waals surface area contributed by atoms with Crippen LogP contribution in [0.25, 0.3) is 22.3 Å². The molecule has 0 aromatic heterocycles. The molecule has 0 atom stereocenters. The Balaban J connectivity index is 1.24. The van der Waals surface area contributed by atoms with E-state index in [1.165, 1.54) is 4.90 Å². The lowest BCUT2D eigenvalue weighted by Crippen LogP contribution is -2.29. The fourth-order valence-electron chi connectivity index (χ4n) is 5.92. The molecule has 0 saturated carbocycles. The van der Waals surface area contributed by atoms with Crippen molar-refractivity contribution in [2.24, 2.45) is 0 Å². The SMILES string of the molecule is O=C1c2ccc(N3c4ccccc4Sc4ccccc43)cc2C(=O)N1c1cc(-c2ccccc2)cc(-c2ccccc2)c1. The molecular weight excluding hydrogens is 548 g/mol. The van der Waals surface area contributed by atoms with E-state index in [-0.39, 0.29) is 11.8 Å². The molecule has 0 N–H and O–H groups in total. The summed E-state index contributed by atoms with van der Waals surface area (Å²) in [5.41, 5.74) is 8.20. The number of nitrogens with zero attached hydrogens (tertiary/aromatic N) is 2. The third kappa shape index (κ3) is 4.25. The van der Waals surface area contributed by atoms with Crippen LogP contribution >= 0.6 is 11.8 Å². The molecule has 0 bridgehead atoms. The highest BCUT2D eigenvalue weighted by molar-refractivity contribution is 7.99. The zero-order valence-electron chi connectivity index (χ0n) is 23.0. The van der Waals surface area contributed by atoms with Crippen LogP contribution < -0.4 is 9.80 Å². The van der Waals surface area contributed by atoms with Crippen LogP contribution in [0.15, 0.2) is 155 Å². The van der Waals surface area contributed by atoms with E-state index in [1.807, 2.05) is 109 Å². The lowest BCUT2D eigenvalue weighted by molar-refractivity contribution is 0.0926. The molecule has 0 saturated heterocycles. The summed E-state index contributed by atoms with van der Waals surface area (Å²) in [6.07, 6.45) is 0. The highest BCUT2D eigenvalue weighted by Crippen LogP contribution is 2.51. The zero-order chi connectivity index (χ0) is 28.9. The molecule has 6 aromatic rings. The molecule has 0 unspecified atom stereocenters. The third-order valence-electron chi connectivity index (χ3n) is 7.95. The van der Waals surface area contributed by atoms with Gasteiger partial charge in [0.05, 0.1) is 28.2 Å². The van der Waals surface area contributed by atoms with E-state index in [0.29, 0.717) is 16.8 Å². The van der Waals surface area contributed by atoms with Crippen molar-refractivity contribution in [1.29, 1.82) is 0 Å². The summed E-state index contributed by atoms with van der Waals surface area (Å²) in [6, 6.07) is 48.1. The van der Waals surface area contributed by atoms with Crippen LogP contribution in [-0.4, -0.2) is 11.8 Å². The summed E-state index contributed by atoms with van der Waals surface area (Å²) in [7, 11) is 0. The van der Waals surface area contributed by atoms with Crippen molar-refractivity contribution in [3.63, 3.8) is 0 Å². The van der Waals surface area contributed by atoms with Gasteiger partial charge in [-0.1, -0.05) is 96.7 Å². The highest BCUT2D eigenvalue weighted by Gasteiger charge is 2.38. The number of carbonyl (C=O) groups is 2. The van der Waals surface area contributed by atoms with Crippen molar-refractivity contribution >= 4 is 46.3 Å². The Labute approximate surface area is 253 Å². The number of para-hydroxylation sites is 2. The second-order valence-corrected chi connectivity index (χ2v) is 11.6. The molecule has 204 valence electrons. The van der Waals surface area contributed by atoms with Gasteiger partial charge in [0.25, 0.3) is 11.8 Å². The number of imide groups is 1. The van der Waals surface area contributed by atoms with Gasteiger partial charge in [0.15, 0.2) is 0 Å². The monoisotopic (exact) mass is 572 g/mol. The average Bonchev–Trinajstić information content (AvgIpc) is 3.32. The molecule has 2 aliphatic rings. The van der Waals surface area contributed by atoms with Crippen LogP contribution in [0.3, 0.4) is 0 Å². The summed E-state index contributed by atoms with van der Waals surface area (Å²) in [6.45, 7) is 0. The first-order valence-electron chi connectivity index (χ1n) is 14.1. The maximum Gasteiger partial charge on any atom is 0.266 e. The fraction of sp³-hybridized carbons (Fsp3) is 0. The maximum absolute atomic E-state index is 14.1. The van der Waals surface area contributed by atoms with E-state index in [0.717, 1.165) is 49.1 Å². The van der Waals surface area contributed by atoms with Gasteiger partial charge < -0.3 is 4.90 Å². The number of benzene rings is 6. The molecule has 4 nitrogen and oxygen atoms in total. The Morgan fingerprint density at radius 1 is 0.395 bits per heavy atom. The van der Waals surface area contributed by atoms with Gasteiger partial charge >= 0.3 is 0 Å². The van der Waals surface area contributed by atoms with E-state index < -0.39 is 0 Å². The minimum absolute atomic E-state index is 0.314. The van der Waals surface area contributed by atoms with Crippen LogP contribution in [-0.2, 0) is 0 Å². The smallest absolute Gasteiger partial charge is 0.266 e. The number of anilines is 4. The Morgan fingerprint density at radius 3 is 1.49 bits per heavy atom. The van der Waals surface area contributed by atoms with Gasteiger partial charge in [0.2, 0.25) is 0 Å². The lowest BCUT2D eigenvalue weighted by Gasteiger charge is -2.32. The molecule has 0 spiro atoms. The van der Waals surface area contributed by atoms with Crippen LogP contribution in [0.4, 0.5) is 22.7 Å². The molecule has 8 rings (SSSR count). The van der Waals surface area contributed by atoms with E-state index in [4.69, 9.17) is 0 Å². The predicted molar refractivity (Wildman–Crippen MR) is 174 cm³/mol. The van der Waals surface area contributed by atoms with Crippen molar-refractivity contribution in [1.82, 2.24) is 0 Å². The maximum atomic E-state index is 14.1. The first kappa shape index (κ1) is 25.3. The van der Waals surface area contributed by atoms with Crippen LogP contribution in [0.2, 0.25) is 0 Å². The van der Waals surface area contributed by atoms with E-state index >= 15 is 0 Å². The van der Waals surface area contributed by atoms with Gasteiger partial charge in [0, 0.05) is 15.5 Å². The second-order valence-electron chi connectivity index (χ2n) is 10.5. The number of amides is 2. The highest BCUT2D eigenvalue weighted by atomic mass is 32.2. The molecular formula is C38H24N2O2S. The number of hydrogen-bond acceptors (Lipinski definition) is 4. The molecule has 0 aliphatic carbocycles. The summed E-state index contributed by atoms with van der Waals surface area (Å²) >= 11 is 1.73. The Hall–Kier alpha value is -5.39. The van der Waals surface area contributed by atoms with E-state index in [9.17, 15) is 9.59 Å². The Morgan fingerprint density at radius 2 is 0.907 bits per heavy atom. The average molecular weight is 573 g/mol. The first-order chi connectivity index (χ1) is 21.2.